The van der Waals surface area contributed by atoms with Gasteiger partial charge in [0.05, 0.1) is 17.5 Å². The van der Waals surface area contributed by atoms with Crippen LogP contribution < -0.4 is 0 Å². The number of likely N-dealkylation sites (tertiary alicyclic amines) is 1. The zero-order valence-corrected chi connectivity index (χ0v) is 13.4. The number of rotatable bonds is 2. The summed E-state index contributed by atoms with van der Waals surface area (Å²) in [5, 5.41) is 20.0. The zero-order valence-electron chi connectivity index (χ0n) is 12.6. The summed E-state index contributed by atoms with van der Waals surface area (Å²) in [6, 6.07) is 4.88. The lowest BCUT2D eigenvalue weighted by molar-refractivity contribution is -0.135. The summed E-state index contributed by atoms with van der Waals surface area (Å²) in [7, 11) is 0. The van der Waals surface area contributed by atoms with Crippen molar-refractivity contribution in [1.29, 1.82) is 0 Å². The molecule has 120 valence electrons. The number of carbonyl (C=O) groups is 1. The van der Waals surface area contributed by atoms with Crippen molar-refractivity contribution in [3.05, 3.63) is 28.8 Å². The Bertz CT molecular complexity index is 577. The summed E-state index contributed by atoms with van der Waals surface area (Å²) in [6.45, 7) is 1.43. The number of phenolic OH excluding ortho intramolecular Hbond substituents is 1. The van der Waals surface area contributed by atoms with Gasteiger partial charge in [-0.25, -0.2) is 0 Å². The fourth-order valence-corrected chi connectivity index (χ4v) is 4.12. The number of aliphatic hydroxyl groups excluding tert-OH is 1. The van der Waals surface area contributed by atoms with Crippen LogP contribution in [0.1, 0.15) is 37.7 Å². The first-order valence-corrected chi connectivity index (χ1v) is 8.31. The van der Waals surface area contributed by atoms with Crippen LogP contribution >= 0.6 is 11.6 Å². The van der Waals surface area contributed by atoms with Crippen LogP contribution in [-0.2, 0) is 11.2 Å². The van der Waals surface area contributed by atoms with Crippen molar-refractivity contribution >= 4 is 17.5 Å². The predicted molar refractivity (Wildman–Crippen MR) is 84.9 cm³/mol. The standard InChI is InChI=1S/C17H22ClNO3/c18-13-9-12(4-5-14(13)20)10-16(22)19-8-2-7-17(11-19)6-1-3-15(17)21/h4-5,9,15,20-21H,1-3,6-8,10-11H2/t15-,17-/m1/s1. The van der Waals surface area contributed by atoms with E-state index in [1.807, 2.05) is 4.90 Å². The Morgan fingerprint density at radius 3 is 2.82 bits per heavy atom. The number of hydrogen-bond acceptors (Lipinski definition) is 3. The molecule has 22 heavy (non-hydrogen) atoms. The van der Waals surface area contributed by atoms with Crippen molar-refractivity contribution in [3.63, 3.8) is 0 Å². The molecule has 1 amide bonds. The summed E-state index contributed by atoms with van der Waals surface area (Å²) in [6.07, 6.45) is 4.91. The Morgan fingerprint density at radius 2 is 2.14 bits per heavy atom. The molecule has 2 atom stereocenters. The minimum Gasteiger partial charge on any atom is -0.506 e. The number of amides is 1. The maximum absolute atomic E-state index is 12.5. The third kappa shape index (κ3) is 2.95. The third-order valence-electron chi connectivity index (χ3n) is 5.19. The van der Waals surface area contributed by atoms with Crippen LogP contribution in [0.25, 0.3) is 0 Å². The second kappa shape index (κ2) is 6.09. The number of carbonyl (C=O) groups excluding carboxylic acids is 1. The van der Waals surface area contributed by atoms with Gasteiger partial charge in [-0.05, 0) is 43.4 Å². The van der Waals surface area contributed by atoms with E-state index in [1.165, 1.54) is 6.07 Å². The average molecular weight is 324 g/mol. The van der Waals surface area contributed by atoms with Crippen molar-refractivity contribution in [2.45, 2.75) is 44.6 Å². The van der Waals surface area contributed by atoms with Gasteiger partial charge in [0.25, 0.3) is 0 Å². The third-order valence-corrected chi connectivity index (χ3v) is 5.49. The molecule has 5 heteroatoms. The smallest absolute Gasteiger partial charge is 0.227 e. The van der Waals surface area contributed by atoms with Crippen molar-refractivity contribution in [3.8, 4) is 5.75 Å². The lowest BCUT2D eigenvalue weighted by Gasteiger charge is -2.42. The first kappa shape index (κ1) is 15.6. The van der Waals surface area contributed by atoms with Crippen molar-refractivity contribution < 1.29 is 15.0 Å². The van der Waals surface area contributed by atoms with Gasteiger partial charge >= 0.3 is 0 Å². The molecule has 1 heterocycles. The molecule has 1 aliphatic carbocycles. The summed E-state index contributed by atoms with van der Waals surface area (Å²) >= 11 is 5.89. The van der Waals surface area contributed by atoms with E-state index in [2.05, 4.69) is 0 Å². The molecule has 1 saturated carbocycles. The highest BCUT2D eigenvalue weighted by atomic mass is 35.5. The van der Waals surface area contributed by atoms with E-state index >= 15 is 0 Å². The van der Waals surface area contributed by atoms with Gasteiger partial charge in [-0.2, -0.15) is 0 Å². The number of aliphatic hydroxyl groups is 1. The Balaban J connectivity index is 1.68. The number of hydrogen-bond donors (Lipinski definition) is 2. The number of halogens is 1. The Morgan fingerprint density at radius 1 is 1.36 bits per heavy atom. The number of benzene rings is 1. The van der Waals surface area contributed by atoms with E-state index < -0.39 is 0 Å². The highest BCUT2D eigenvalue weighted by Gasteiger charge is 2.45. The van der Waals surface area contributed by atoms with Crippen LogP contribution in [0.2, 0.25) is 5.02 Å². The van der Waals surface area contributed by atoms with E-state index in [4.69, 9.17) is 11.6 Å². The monoisotopic (exact) mass is 323 g/mol. The maximum Gasteiger partial charge on any atom is 0.227 e. The van der Waals surface area contributed by atoms with E-state index in [0.717, 1.165) is 44.2 Å². The lowest BCUT2D eigenvalue weighted by atomic mass is 9.76. The topological polar surface area (TPSA) is 60.8 Å². The molecular weight excluding hydrogens is 302 g/mol. The first-order valence-electron chi connectivity index (χ1n) is 7.93. The maximum atomic E-state index is 12.5. The van der Waals surface area contributed by atoms with Gasteiger partial charge in [-0.3, -0.25) is 4.79 Å². The van der Waals surface area contributed by atoms with Crippen LogP contribution in [0.4, 0.5) is 0 Å². The minimum atomic E-state index is -0.272. The summed E-state index contributed by atoms with van der Waals surface area (Å²) in [4.78, 5) is 14.4. The van der Waals surface area contributed by atoms with Gasteiger partial charge in [0.2, 0.25) is 5.91 Å². The van der Waals surface area contributed by atoms with E-state index in [1.54, 1.807) is 12.1 Å². The molecule has 2 N–H and O–H groups in total. The van der Waals surface area contributed by atoms with Gasteiger partial charge in [-0.1, -0.05) is 24.1 Å². The number of piperidine rings is 1. The van der Waals surface area contributed by atoms with E-state index in [9.17, 15) is 15.0 Å². The quantitative estimate of drug-likeness (QED) is 0.879. The van der Waals surface area contributed by atoms with Crippen LogP contribution in [0, 0.1) is 5.41 Å². The van der Waals surface area contributed by atoms with Gasteiger partial charge < -0.3 is 15.1 Å². The molecule has 0 radical (unpaired) electrons. The molecule has 3 rings (SSSR count). The highest BCUT2D eigenvalue weighted by molar-refractivity contribution is 6.32. The zero-order chi connectivity index (χ0) is 15.7. The number of nitrogens with zero attached hydrogens (tertiary/aromatic N) is 1. The molecule has 1 spiro atoms. The lowest BCUT2D eigenvalue weighted by Crippen LogP contribution is -2.49. The van der Waals surface area contributed by atoms with Gasteiger partial charge in [0.1, 0.15) is 5.75 Å². The van der Waals surface area contributed by atoms with E-state index in [0.29, 0.717) is 6.54 Å². The molecule has 2 aliphatic rings. The van der Waals surface area contributed by atoms with Gasteiger partial charge in [0.15, 0.2) is 0 Å². The van der Waals surface area contributed by atoms with E-state index in [-0.39, 0.29) is 34.6 Å². The summed E-state index contributed by atoms with van der Waals surface area (Å²) in [5.74, 6) is 0.101. The van der Waals surface area contributed by atoms with Crippen LogP contribution in [0.5, 0.6) is 5.75 Å². The Labute approximate surface area is 135 Å². The van der Waals surface area contributed by atoms with Crippen molar-refractivity contribution in [1.82, 2.24) is 4.90 Å². The molecule has 4 nitrogen and oxygen atoms in total. The number of phenols is 1. The second-order valence-corrected chi connectivity index (χ2v) is 7.06. The Kier molecular flexibility index (Phi) is 4.33. The average Bonchev–Trinajstić information content (AvgIpc) is 2.83. The normalized spacial score (nSPS) is 28.3. The molecule has 1 aromatic rings. The van der Waals surface area contributed by atoms with Gasteiger partial charge in [0, 0.05) is 18.5 Å². The highest BCUT2D eigenvalue weighted by Crippen LogP contribution is 2.45. The molecule has 0 unspecified atom stereocenters. The van der Waals surface area contributed by atoms with Gasteiger partial charge in [-0.15, -0.1) is 0 Å². The van der Waals surface area contributed by atoms with Crippen LogP contribution in [-0.4, -0.2) is 40.2 Å². The Hall–Kier alpha value is -1.26. The predicted octanol–water partition coefficient (Wildman–Crippen LogP) is 2.74. The number of aromatic hydroxyl groups is 1. The molecule has 2 fully saturated rings. The molecule has 0 bridgehead atoms. The SMILES string of the molecule is O=C(Cc1ccc(O)c(Cl)c1)N1CCC[C@]2(CCC[C@H]2O)C1. The fourth-order valence-electron chi connectivity index (χ4n) is 3.92. The van der Waals surface area contributed by atoms with Crippen LogP contribution in [0.15, 0.2) is 18.2 Å². The molecule has 1 saturated heterocycles. The molecule has 1 aliphatic heterocycles. The minimum absolute atomic E-state index is 0.0314. The summed E-state index contributed by atoms with van der Waals surface area (Å²) < 4.78 is 0. The fraction of sp³-hybridized carbons (Fsp3) is 0.588. The van der Waals surface area contributed by atoms with Crippen molar-refractivity contribution in [2.24, 2.45) is 5.41 Å². The summed E-state index contributed by atoms with van der Waals surface area (Å²) in [5.41, 5.74) is 0.722. The van der Waals surface area contributed by atoms with Crippen molar-refractivity contribution in [2.75, 3.05) is 13.1 Å². The first-order chi connectivity index (χ1) is 10.5. The molecular formula is C17H22ClNO3. The molecule has 0 aromatic heterocycles. The molecule has 1 aromatic carbocycles. The second-order valence-electron chi connectivity index (χ2n) is 6.65. The van der Waals surface area contributed by atoms with Crippen LogP contribution in [0.3, 0.4) is 0 Å². The largest absolute Gasteiger partial charge is 0.506 e.